The number of halogens is 1. The van der Waals surface area contributed by atoms with Crippen LogP contribution in [0.25, 0.3) is 0 Å². The van der Waals surface area contributed by atoms with Crippen LogP contribution < -0.4 is 4.72 Å². The van der Waals surface area contributed by atoms with Gasteiger partial charge in [-0.1, -0.05) is 12.0 Å². The van der Waals surface area contributed by atoms with Crippen LogP contribution in [0.3, 0.4) is 0 Å². The molecule has 0 aliphatic heterocycles. The zero-order valence-corrected chi connectivity index (χ0v) is 13.4. The molecule has 5 nitrogen and oxygen atoms in total. The molecule has 1 aromatic rings. The molecule has 1 rings (SSSR count). The Morgan fingerprint density at radius 1 is 1.25 bits per heavy atom. The molecule has 0 atom stereocenters. The van der Waals surface area contributed by atoms with Crippen molar-refractivity contribution in [3.8, 4) is 12.3 Å². The second-order valence-electron chi connectivity index (χ2n) is 3.57. The van der Waals surface area contributed by atoms with E-state index in [1.807, 2.05) is 0 Å². The van der Waals surface area contributed by atoms with Crippen molar-refractivity contribution in [2.24, 2.45) is 0 Å². The lowest BCUT2D eigenvalue weighted by Crippen LogP contribution is -2.26. The van der Waals surface area contributed by atoms with Gasteiger partial charge in [0.1, 0.15) is 0 Å². The Kier molecular flexibility index (Phi) is 6.36. The van der Waals surface area contributed by atoms with Crippen LogP contribution in [0.15, 0.2) is 34.1 Å². The summed E-state index contributed by atoms with van der Waals surface area (Å²) in [7, 11) is -2.56. The van der Waals surface area contributed by atoms with Gasteiger partial charge in [-0.2, -0.15) is 0 Å². The van der Waals surface area contributed by atoms with E-state index in [9.17, 15) is 16.8 Å². The first-order valence-corrected chi connectivity index (χ1v) is 10.3. The molecule has 0 saturated carbocycles. The van der Waals surface area contributed by atoms with Crippen molar-refractivity contribution < 1.29 is 16.8 Å². The van der Waals surface area contributed by atoms with E-state index in [1.165, 1.54) is 30.0 Å². The SMILES string of the molecule is C#CCSCCNS(=O)(=O)c1cccc(S(=O)(=O)Cl)c1. The van der Waals surface area contributed by atoms with Gasteiger partial charge in [-0.3, -0.25) is 0 Å². The van der Waals surface area contributed by atoms with Gasteiger partial charge in [0.2, 0.25) is 10.0 Å². The van der Waals surface area contributed by atoms with Gasteiger partial charge in [-0.05, 0) is 18.2 Å². The molecule has 0 saturated heterocycles. The van der Waals surface area contributed by atoms with Gasteiger partial charge >= 0.3 is 0 Å². The van der Waals surface area contributed by atoms with E-state index in [1.54, 1.807) is 0 Å². The molecular weight excluding hydrogens is 342 g/mol. The van der Waals surface area contributed by atoms with Gasteiger partial charge < -0.3 is 0 Å². The summed E-state index contributed by atoms with van der Waals surface area (Å²) < 4.78 is 48.6. The van der Waals surface area contributed by atoms with Crippen molar-refractivity contribution in [3.05, 3.63) is 24.3 Å². The Hall–Kier alpha value is -0.720. The largest absolute Gasteiger partial charge is 0.261 e. The monoisotopic (exact) mass is 353 g/mol. The molecule has 0 aliphatic rings. The van der Waals surface area contributed by atoms with Crippen LogP contribution in [0.4, 0.5) is 0 Å². The highest BCUT2D eigenvalue weighted by Crippen LogP contribution is 2.18. The van der Waals surface area contributed by atoms with Crippen molar-refractivity contribution in [1.29, 1.82) is 0 Å². The van der Waals surface area contributed by atoms with Crippen LogP contribution >= 0.6 is 22.4 Å². The average molecular weight is 354 g/mol. The Morgan fingerprint density at radius 3 is 2.50 bits per heavy atom. The molecule has 0 amide bonds. The highest BCUT2D eigenvalue weighted by Gasteiger charge is 2.17. The summed E-state index contributed by atoms with van der Waals surface area (Å²) in [5.41, 5.74) is 0. The number of sulfonamides is 1. The molecule has 0 unspecified atom stereocenters. The number of rotatable bonds is 7. The third-order valence-corrected chi connectivity index (χ3v) is 5.80. The highest BCUT2D eigenvalue weighted by atomic mass is 35.7. The minimum atomic E-state index is -3.96. The number of hydrogen-bond acceptors (Lipinski definition) is 5. The van der Waals surface area contributed by atoms with Crippen LogP contribution in [0.2, 0.25) is 0 Å². The van der Waals surface area contributed by atoms with Crippen LogP contribution in [-0.2, 0) is 19.1 Å². The molecule has 9 heteroatoms. The van der Waals surface area contributed by atoms with Crippen molar-refractivity contribution in [3.63, 3.8) is 0 Å². The number of terminal acetylenes is 1. The summed E-state index contributed by atoms with van der Waals surface area (Å²) in [5.74, 6) is 3.45. The fourth-order valence-corrected chi connectivity index (χ4v) is 3.84. The maximum Gasteiger partial charge on any atom is 0.261 e. The van der Waals surface area contributed by atoms with E-state index in [-0.39, 0.29) is 16.3 Å². The standard InChI is InChI=1S/C11H12ClNO4S3/c1-2-7-18-8-6-13-20(16,17)11-5-3-4-10(9-11)19(12,14)15/h1,3-5,9,13H,6-8H2. The second kappa shape index (κ2) is 7.33. The summed E-state index contributed by atoms with van der Waals surface area (Å²) in [4.78, 5) is -0.412. The zero-order chi connectivity index (χ0) is 15.2. The highest BCUT2D eigenvalue weighted by molar-refractivity contribution is 8.13. The lowest BCUT2D eigenvalue weighted by atomic mass is 10.4. The van der Waals surface area contributed by atoms with E-state index in [0.717, 1.165) is 6.07 Å². The van der Waals surface area contributed by atoms with Gasteiger partial charge in [-0.25, -0.2) is 21.6 Å². The lowest BCUT2D eigenvalue weighted by molar-refractivity contribution is 0.584. The lowest BCUT2D eigenvalue weighted by Gasteiger charge is -2.07. The van der Waals surface area contributed by atoms with E-state index in [0.29, 0.717) is 11.5 Å². The topological polar surface area (TPSA) is 80.3 Å². The Bertz CT molecular complexity index is 707. The van der Waals surface area contributed by atoms with Gasteiger partial charge in [0.05, 0.1) is 15.5 Å². The molecule has 20 heavy (non-hydrogen) atoms. The normalized spacial score (nSPS) is 12.0. The van der Waals surface area contributed by atoms with Crippen molar-refractivity contribution in [2.45, 2.75) is 9.79 Å². The minimum absolute atomic E-state index is 0.152. The Morgan fingerprint density at radius 2 is 1.90 bits per heavy atom. The molecule has 0 aromatic heterocycles. The van der Waals surface area contributed by atoms with Crippen LogP contribution in [0, 0.1) is 12.3 Å². The molecular formula is C11H12ClNO4S3. The molecule has 0 aliphatic carbocycles. The first-order valence-electron chi connectivity index (χ1n) is 5.33. The zero-order valence-electron chi connectivity index (χ0n) is 10.2. The maximum absolute atomic E-state index is 11.9. The molecule has 0 bridgehead atoms. The fourth-order valence-electron chi connectivity index (χ4n) is 1.26. The molecule has 0 radical (unpaired) electrons. The van der Waals surface area contributed by atoms with Crippen molar-refractivity contribution in [1.82, 2.24) is 4.72 Å². The summed E-state index contributed by atoms with van der Waals surface area (Å²) >= 11 is 1.42. The summed E-state index contributed by atoms with van der Waals surface area (Å²) in [6, 6.07) is 4.85. The van der Waals surface area contributed by atoms with Crippen LogP contribution in [0.1, 0.15) is 0 Å². The molecule has 1 N–H and O–H groups in total. The molecule has 110 valence electrons. The van der Waals surface area contributed by atoms with E-state index in [2.05, 4.69) is 10.6 Å². The van der Waals surface area contributed by atoms with Gasteiger partial charge in [0, 0.05) is 23.0 Å². The van der Waals surface area contributed by atoms with Gasteiger partial charge in [0.15, 0.2) is 0 Å². The third-order valence-electron chi connectivity index (χ3n) is 2.12. The maximum atomic E-state index is 11.9. The molecule has 0 spiro atoms. The van der Waals surface area contributed by atoms with Gasteiger partial charge in [0.25, 0.3) is 9.05 Å². The van der Waals surface area contributed by atoms with Crippen LogP contribution in [0.5, 0.6) is 0 Å². The summed E-state index contributed by atoms with van der Waals surface area (Å²) in [6.07, 6.45) is 5.07. The van der Waals surface area contributed by atoms with E-state index >= 15 is 0 Å². The molecule has 1 aromatic carbocycles. The van der Waals surface area contributed by atoms with Crippen LogP contribution in [-0.4, -0.2) is 34.9 Å². The first-order chi connectivity index (χ1) is 9.27. The Labute approximate surface area is 127 Å². The average Bonchev–Trinajstić information content (AvgIpc) is 2.37. The quantitative estimate of drug-likeness (QED) is 0.453. The van der Waals surface area contributed by atoms with Crippen molar-refractivity contribution in [2.75, 3.05) is 18.1 Å². The Balaban J connectivity index is 2.81. The number of thioether (sulfide) groups is 1. The smallest absolute Gasteiger partial charge is 0.210 e. The van der Waals surface area contributed by atoms with E-state index in [4.69, 9.17) is 17.1 Å². The number of hydrogen-bond donors (Lipinski definition) is 1. The summed E-state index contributed by atoms with van der Waals surface area (Å²) in [6.45, 7) is 0.201. The fraction of sp³-hybridized carbons (Fsp3) is 0.273. The second-order valence-corrected chi connectivity index (χ2v) is 9.01. The molecule has 0 fully saturated rings. The molecule has 0 heterocycles. The predicted octanol–water partition coefficient (Wildman–Crippen LogP) is 1.26. The predicted molar refractivity (Wildman–Crippen MR) is 80.8 cm³/mol. The number of nitrogens with one attached hydrogen (secondary N) is 1. The first kappa shape index (κ1) is 17.3. The minimum Gasteiger partial charge on any atom is -0.210 e. The number of benzene rings is 1. The summed E-state index contributed by atoms with van der Waals surface area (Å²) in [5, 5.41) is 0. The van der Waals surface area contributed by atoms with Gasteiger partial charge in [-0.15, -0.1) is 18.2 Å². The van der Waals surface area contributed by atoms with Crippen molar-refractivity contribution >= 4 is 41.5 Å². The van der Waals surface area contributed by atoms with E-state index < -0.39 is 19.1 Å². The third kappa shape index (κ3) is 5.34.